The Morgan fingerprint density at radius 2 is 0.407 bits per heavy atom. The van der Waals surface area contributed by atoms with E-state index in [0.29, 0.717) is 0 Å². The predicted molar refractivity (Wildman–Crippen MR) is 259 cm³/mol. The van der Waals surface area contributed by atoms with Crippen molar-refractivity contribution in [1.29, 1.82) is 0 Å². The molecule has 0 unspecified atom stereocenters. The van der Waals surface area contributed by atoms with E-state index in [1.165, 1.54) is 0 Å². The smallest absolute Gasteiger partial charge is 0.00131 e. The van der Waals surface area contributed by atoms with E-state index >= 15 is 0 Å². The maximum Gasteiger partial charge on any atom is -0.00131 e. The highest BCUT2D eigenvalue weighted by Crippen LogP contribution is 2.49. The van der Waals surface area contributed by atoms with Gasteiger partial charge in [0, 0.05) is 0 Å². The molecular formula is C50H76P4. The van der Waals surface area contributed by atoms with Gasteiger partial charge in [0.1, 0.15) is 0 Å². The van der Waals surface area contributed by atoms with Crippen LogP contribution in [0.1, 0.15) is 133 Å². The normalized spacial score (nSPS) is 12.4. The molecule has 0 spiro atoms. The fourth-order valence-electron chi connectivity index (χ4n) is 8.67. The molecule has 296 valence electrons. The van der Waals surface area contributed by atoms with Crippen LogP contribution >= 0.6 is 31.7 Å². The molecule has 0 bridgehead atoms. The first-order valence-corrected chi connectivity index (χ1v) is 26.8. The summed E-state index contributed by atoms with van der Waals surface area (Å²) in [6.07, 6.45) is 2.14. The summed E-state index contributed by atoms with van der Waals surface area (Å²) in [6.45, 7) is 38.3. The Bertz CT molecular complexity index is 1400. The first kappa shape index (κ1) is 47.0. The zero-order valence-electron chi connectivity index (χ0n) is 37.1. The van der Waals surface area contributed by atoms with Gasteiger partial charge >= 0.3 is 0 Å². The summed E-state index contributed by atoms with van der Waals surface area (Å²) in [7, 11) is -0.541. The summed E-state index contributed by atoms with van der Waals surface area (Å²) in [6, 6.07) is 36.9. The molecule has 0 saturated heterocycles. The van der Waals surface area contributed by atoms with Crippen LogP contribution in [0.2, 0.25) is 0 Å². The molecule has 0 fully saturated rings. The Balaban J connectivity index is 0.000000290. The Morgan fingerprint density at radius 1 is 0.259 bits per heavy atom. The van der Waals surface area contributed by atoms with Gasteiger partial charge in [-0.15, -0.1) is 0 Å². The molecule has 0 saturated carbocycles. The summed E-state index contributed by atoms with van der Waals surface area (Å²) in [5.41, 5.74) is 11.9. The Labute approximate surface area is 339 Å². The second kappa shape index (κ2) is 22.5. The second-order valence-electron chi connectivity index (χ2n) is 17.2. The van der Waals surface area contributed by atoms with Crippen molar-refractivity contribution in [3.05, 3.63) is 119 Å². The lowest BCUT2D eigenvalue weighted by molar-refractivity contribution is 1.02. The van der Waals surface area contributed by atoms with Crippen molar-refractivity contribution >= 4 is 52.9 Å². The highest BCUT2D eigenvalue weighted by Gasteiger charge is 2.26. The van der Waals surface area contributed by atoms with Crippen molar-refractivity contribution in [2.45, 2.75) is 169 Å². The van der Waals surface area contributed by atoms with E-state index in [-0.39, 0.29) is 31.7 Å². The first-order chi connectivity index (χ1) is 25.5. The quantitative estimate of drug-likeness (QED) is 0.0990. The van der Waals surface area contributed by atoms with E-state index in [2.05, 4.69) is 208 Å². The van der Waals surface area contributed by atoms with E-state index in [4.69, 9.17) is 0 Å². The van der Waals surface area contributed by atoms with Gasteiger partial charge in [0.15, 0.2) is 0 Å². The minimum atomic E-state index is -0.135. The highest BCUT2D eigenvalue weighted by molar-refractivity contribution is 7.68. The molecule has 54 heavy (non-hydrogen) atoms. The molecule has 0 atom stereocenters. The Hall–Kier alpha value is -1.40. The van der Waals surface area contributed by atoms with Gasteiger partial charge < -0.3 is 0 Å². The molecule has 4 rings (SSSR count). The third-order valence-electron chi connectivity index (χ3n) is 10.3. The SMILES string of the molecule is CC(C)P(c1ccccc1Cc1ccccc1P(C(C)C)C(C)C)C(C)C.CC(C)P(c1ccccc1Cc1ccccc1P(C(C)C)C(C)C)C(C)C. The molecule has 0 heterocycles. The van der Waals surface area contributed by atoms with Crippen molar-refractivity contribution in [2.24, 2.45) is 0 Å². The van der Waals surface area contributed by atoms with Crippen LogP contribution in [0.4, 0.5) is 0 Å². The summed E-state index contributed by atoms with van der Waals surface area (Å²) in [5.74, 6) is 0. The highest BCUT2D eigenvalue weighted by atomic mass is 31.1. The molecule has 4 aromatic carbocycles. The summed E-state index contributed by atoms with van der Waals surface area (Å²) < 4.78 is 0. The van der Waals surface area contributed by atoms with Crippen molar-refractivity contribution in [3.63, 3.8) is 0 Å². The van der Waals surface area contributed by atoms with E-state index in [1.54, 1.807) is 43.5 Å². The zero-order valence-corrected chi connectivity index (χ0v) is 40.6. The van der Waals surface area contributed by atoms with E-state index in [0.717, 1.165) is 58.1 Å². The van der Waals surface area contributed by atoms with Crippen molar-refractivity contribution in [3.8, 4) is 0 Å². The number of benzene rings is 4. The molecule has 0 amide bonds. The molecule has 0 aromatic heterocycles. The van der Waals surface area contributed by atoms with Crippen LogP contribution in [0.5, 0.6) is 0 Å². The second-order valence-corrected chi connectivity index (χ2v) is 30.7. The van der Waals surface area contributed by atoms with Gasteiger partial charge in [-0.25, -0.2) is 0 Å². The van der Waals surface area contributed by atoms with Gasteiger partial charge in [-0.05, 0) is 102 Å². The van der Waals surface area contributed by atoms with Gasteiger partial charge in [0.05, 0.1) is 0 Å². The average Bonchev–Trinajstić information content (AvgIpc) is 3.07. The summed E-state index contributed by atoms with van der Waals surface area (Å²) in [5, 5.41) is 6.47. The molecule has 0 aliphatic carbocycles. The van der Waals surface area contributed by atoms with E-state index in [1.807, 2.05) is 0 Å². The van der Waals surface area contributed by atoms with E-state index in [9.17, 15) is 0 Å². The van der Waals surface area contributed by atoms with Crippen LogP contribution in [0.25, 0.3) is 0 Å². The average molecular weight is 801 g/mol. The first-order valence-electron chi connectivity index (χ1n) is 20.9. The van der Waals surface area contributed by atoms with Crippen LogP contribution in [0, 0.1) is 0 Å². The fourth-order valence-corrected chi connectivity index (χ4v) is 20.9. The lowest BCUT2D eigenvalue weighted by Gasteiger charge is -2.30. The number of rotatable bonds is 16. The Morgan fingerprint density at radius 3 is 0.556 bits per heavy atom. The molecule has 4 aromatic rings. The van der Waals surface area contributed by atoms with E-state index < -0.39 is 0 Å². The van der Waals surface area contributed by atoms with Gasteiger partial charge in [-0.3, -0.25) is 0 Å². The van der Waals surface area contributed by atoms with Gasteiger partial charge in [-0.2, -0.15) is 0 Å². The maximum absolute atomic E-state index is 2.40. The minimum Gasteiger partial charge on any atom is -0.0698 e. The largest absolute Gasteiger partial charge is 0.0698 e. The maximum atomic E-state index is 2.40. The zero-order chi connectivity index (χ0) is 40.3. The van der Waals surface area contributed by atoms with Crippen LogP contribution in [0.15, 0.2) is 97.1 Å². The minimum absolute atomic E-state index is 0.135. The van der Waals surface area contributed by atoms with Crippen molar-refractivity contribution < 1.29 is 0 Å². The third-order valence-corrected chi connectivity index (χ3v) is 23.2. The van der Waals surface area contributed by atoms with Crippen LogP contribution in [-0.2, 0) is 12.8 Å². The Kier molecular flexibility index (Phi) is 19.6. The molecule has 0 nitrogen and oxygen atoms in total. The molecule has 0 N–H and O–H groups in total. The van der Waals surface area contributed by atoms with Crippen LogP contribution < -0.4 is 21.2 Å². The van der Waals surface area contributed by atoms with Crippen molar-refractivity contribution in [1.82, 2.24) is 0 Å². The molecular weight excluding hydrogens is 724 g/mol. The standard InChI is InChI=1S/2C25H38P2/c2*1-18(2)26(19(3)4)24-15-11-9-13-22(24)17-23-14-10-12-16-25(23)27(20(5)6)21(7)8/h2*9-16,18-21H,17H2,1-8H3. The number of hydrogen-bond acceptors (Lipinski definition) is 0. The molecule has 0 aliphatic rings. The number of hydrogen-bond donors (Lipinski definition) is 0. The monoisotopic (exact) mass is 800 g/mol. The lowest BCUT2D eigenvalue weighted by Crippen LogP contribution is -2.22. The van der Waals surface area contributed by atoms with Crippen molar-refractivity contribution in [2.75, 3.05) is 0 Å². The van der Waals surface area contributed by atoms with Gasteiger partial charge in [0.2, 0.25) is 0 Å². The van der Waals surface area contributed by atoms with Crippen LogP contribution in [-0.4, -0.2) is 45.3 Å². The third kappa shape index (κ3) is 12.8. The predicted octanol–water partition coefficient (Wildman–Crippen LogP) is 14.3. The van der Waals surface area contributed by atoms with Crippen LogP contribution in [0.3, 0.4) is 0 Å². The lowest BCUT2D eigenvalue weighted by atomic mass is 10.1. The molecule has 4 heteroatoms. The van der Waals surface area contributed by atoms with Gasteiger partial charge in [0.25, 0.3) is 0 Å². The summed E-state index contributed by atoms with van der Waals surface area (Å²) in [4.78, 5) is 0. The fraction of sp³-hybridized carbons (Fsp3) is 0.520. The van der Waals surface area contributed by atoms with Gasteiger partial charge in [-0.1, -0.05) is 240 Å². The molecule has 0 radical (unpaired) electrons. The summed E-state index contributed by atoms with van der Waals surface area (Å²) >= 11 is 0. The molecule has 0 aliphatic heterocycles. The topological polar surface area (TPSA) is 0 Å².